The molecule has 0 fully saturated rings. The van der Waals surface area contributed by atoms with E-state index in [0.717, 1.165) is 70.0 Å². The molecule has 0 spiro atoms. The standard InChI is InChI=1S/C34H36N6O2SSi/c1-23-21-30(43-22-23)32-26-9-4-5-10-27(26)33(40-39-32)37-24-13-15-25(16-14-24)42-34-28(11-8-18-36-34)29-17-19-35-31(38-29)12-6-7-20-44(2,3)41/h4-5,8-11,13-19,21-22,37,39-41H,6-7,12,20H2,1-3H3. The van der Waals surface area contributed by atoms with Gasteiger partial charge in [-0.1, -0.05) is 30.7 Å². The van der Waals surface area contributed by atoms with Gasteiger partial charge in [-0.25, -0.2) is 15.0 Å². The minimum atomic E-state index is -2.02. The van der Waals surface area contributed by atoms with Crippen LogP contribution in [-0.4, -0.2) is 28.1 Å². The summed E-state index contributed by atoms with van der Waals surface area (Å²) in [6.07, 6.45) is 6.19. The second kappa shape index (κ2) is 13.0. The topological polar surface area (TPSA) is 104 Å². The van der Waals surface area contributed by atoms with Gasteiger partial charge in [-0.05, 0) is 92.0 Å². The van der Waals surface area contributed by atoms with Gasteiger partial charge in [0, 0.05) is 34.9 Å². The molecule has 1 aliphatic heterocycles. The molecule has 6 rings (SSSR count). The number of nitrogens with zero attached hydrogens (tertiary/aromatic N) is 3. The number of unbranched alkanes of at least 4 members (excludes halogenated alkanes) is 1. The van der Waals surface area contributed by atoms with E-state index in [1.54, 1.807) is 23.7 Å². The van der Waals surface area contributed by atoms with Crippen LogP contribution in [0.2, 0.25) is 19.1 Å². The second-order valence-corrected chi connectivity index (χ2v) is 16.6. The molecule has 0 amide bonds. The van der Waals surface area contributed by atoms with E-state index in [1.807, 2.05) is 61.6 Å². The van der Waals surface area contributed by atoms with Gasteiger partial charge in [0.05, 0.1) is 21.8 Å². The Kier molecular flexibility index (Phi) is 8.74. The average Bonchev–Trinajstić information content (AvgIpc) is 3.46. The van der Waals surface area contributed by atoms with Gasteiger partial charge in [0.2, 0.25) is 5.88 Å². The first kappa shape index (κ1) is 29.6. The summed E-state index contributed by atoms with van der Waals surface area (Å²) in [5.74, 6) is 2.81. The minimum Gasteiger partial charge on any atom is -0.438 e. The molecule has 0 saturated heterocycles. The fraction of sp³-hybridized carbons (Fsp3) is 0.206. The van der Waals surface area contributed by atoms with Crippen molar-refractivity contribution in [1.82, 2.24) is 25.8 Å². The highest BCUT2D eigenvalue weighted by atomic mass is 32.1. The van der Waals surface area contributed by atoms with E-state index >= 15 is 0 Å². The zero-order chi connectivity index (χ0) is 30.5. The van der Waals surface area contributed by atoms with Gasteiger partial charge < -0.3 is 14.8 Å². The van der Waals surface area contributed by atoms with E-state index in [2.05, 4.69) is 62.7 Å². The quantitative estimate of drug-likeness (QED) is 0.111. The first-order chi connectivity index (χ1) is 21.3. The van der Waals surface area contributed by atoms with Gasteiger partial charge in [0.15, 0.2) is 8.32 Å². The molecule has 3 aromatic heterocycles. The summed E-state index contributed by atoms with van der Waals surface area (Å²) in [4.78, 5) is 25.1. The van der Waals surface area contributed by atoms with Crippen LogP contribution in [0.5, 0.6) is 11.6 Å². The lowest BCUT2D eigenvalue weighted by molar-refractivity contribution is 0.465. The van der Waals surface area contributed by atoms with Crippen LogP contribution in [0.1, 0.15) is 29.1 Å². The summed E-state index contributed by atoms with van der Waals surface area (Å²) in [5.41, 5.74) is 11.6. The SMILES string of the molecule is Cc1csc(C2=c3ccccc3=C(Nc3ccc(Oc4ncccc4-c4ccnc(CCCC[Si](C)(C)O)n4)cc3)NN2)c1. The number of hydrogen-bond acceptors (Lipinski definition) is 9. The first-order valence-electron chi connectivity index (χ1n) is 14.8. The number of aryl methyl sites for hydroxylation is 2. The maximum Gasteiger partial charge on any atom is 0.228 e. The molecule has 10 heteroatoms. The van der Waals surface area contributed by atoms with Crippen LogP contribution >= 0.6 is 11.3 Å². The zero-order valence-corrected chi connectivity index (χ0v) is 26.9. The molecular formula is C34H36N6O2SSi. The van der Waals surface area contributed by atoms with E-state index < -0.39 is 8.32 Å². The highest BCUT2D eigenvalue weighted by molar-refractivity contribution is 7.11. The lowest BCUT2D eigenvalue weighted by Gasteiger charge is -2.21. The number of aromatic nitrogens is 3. The summed E-state index contributed by atoms with van der Waals surface area (Å²) < 4.78 is 6.25. The molecule has 224 valence electrons. The third-order valence-corrected chi connectivity index (χ3v) is 9.93. The lowest BCUT2D eigenvalue weighted by Crippen LogP contribution is -2.48. The molecule has 2 aromatic carbocycles. The molecule has 0 atom stereocenters. The van der Waals surface area contributed by atoms with Crippen LogP contribution in [0.3, 0.4) is 0 Å². The summed E-state index contributed by atoms with van der Waals surface area (Å²) in [6.45, 7) is 6.06. The maximum absolute atomic E-state index is 10.1. The molecule has 0 aliphatic carbocycles. The van der Waals surface area contributed by atoms with Crippen LogP contribution in [0.25, 0.3) is 22.8 Å². The van der Waals surface area contributed by atoms with Crippen LogP contribution in [-0.2, 0) is 6.42 Å². The van der Waals surface area contributed by atoms with Gasteiger partial charge in [-0.15, -0.1) is 11.3 Å². The normalized spacial score (nSPS) is 12.7. The Hall–Kier alpha value is -4.51. The van der Waals surface area contributed by atoms with Gasteiger partial charge in [-0.3, -0.25) is 10.9 Å². The molecular weight excluding hydrogens is 585 g/mol. The average molecular weight is 621 g/mol. The molecule has 4 heterocycles. The van der Waals surface area contributed by atoms with Crippen molar-refractivity contribution in [3.8, 4) is 22.9 Å². The lowest BCUT2D eigenvalue weighted by atomic mass is 10.1. The van der Waals surface area contributed by atoms with E-state index in [-0.39, 0.29) is 0 Å². The number of hydrogen-bond donors (Lipinski definition) is 4. The van der Waals surface area contributed by atoms with Crippen molar-refractivity contribution in [3.63, 3.8) is 0 Å². The van der Waals surface area contributed by atoms with Crippen molar-refractivity contribution in [2.24, 2.45) is 0 Å². The van der Waals surface area contributed by atoms with Crippen molar-refractivity contribution in [2.75, 3.05) is 5.32 Å². The summed E-state index contributed by atoms with van der Waals surface area (Å²) >= 11 is 1.73. The van der Waals surface area contributed by atoms with Gasteiger partial charge in [0.25, 0.3) is 0 Å². The molecule has 1 aliphatic rings. The van der Waals surface area contributed by atoms with E-state index in [0.29, 0.717) is 11.6 Å². The number of ether oxygens (including phenoxy) is 1. The zero-order valence-electron chi connectivity index (χ0n) is 25.1. The number of anilines is 1. The van der Waals surface area contributed by atoms with Crippen LogP contribution < -0.4 is 31.3 Å². The second-order valence-electron chi connectivity index (χ2n) is 11.5. The number of nitrogens with one attached hydrogen (secondary N) is 3. The van der Waals surface area contributed by atoms with Crippen molar-refractivity contribution >= 4 is 36.9 Å². The molecule has 0 saturated carbocycles. The summed E-state index contributed by atoms with van der Waals surface area (Å²) in [7, 11) is -2.02. The van der Waals surface area contributed by atoms with Crippen LogP contribution in [0.15, 0.2) is 90.6 Å². The fourth-order valence-corrected chi connectivity index (χ4v) is 7.10. The number of thiophene rings is 1. The van der Waals surface area contributed by atoms with Crippen molar-refractivity contribution < 1.29 is 9.53 Å². The summed E-state index contributed by atoms with van der Waals surface area (Å²) in [6, 6.07) is 25.0. The van der Waals surface area contributed by atoms with E-state index in [9.17, 15) is 4.80 Å². The van der Waals surface area contributed by atoms with Crippen molar-refractivity contribution in [3.05, 3.63) is 117 Å². The Morgan fingerprint density at radius 1 is 0.909 bits per heavy atom. The van der Waals surface area contributed by atoms with Gasteiger partial charge >= 0.3 is 0 Å². The Morgan fingerprint density at radius 2 is 1.73 bits per heavy atom. The molecule has 0 bridgehead atoms. The Labute approximate surface area is 262 Å². The number of fused-ring (bicyclic) bond motifs is 1. The molecule has 44 heavy (non-hydrogen) atoms. The Morgan fingerprint density at radius 3 is 2.50 bits per heavy atom. The van der Waals surface area contributed by atoms with E-state index in [4.69, 9.17) is 9.72 Å². The largest absolute Gasteiger partial charge is 0.438 e. The Balaban J connectivity index is 1.18. The monoisotopic (exact) mass is 620 g/mol. The van der Waals surface area contributed by atoms with Crippen LogP contribution in [0.4, 0.5) is 5.69 Å². The van der Waals surface area contributed by atoms with Gasteiger partial charge in [0.1, 0.15) is 17.4 Å². The Bertz CT molecular complexity index is 1890. The minimum absolute atomic E-state index is 0.485. The van der Waals surface area contributed by atoms with Gasteiger partial charge in [-0.2, -0.15) is 0 Å². The molecule has 0 radical (unpaired) electrons. The number of benzene rings is 2. The molecule has 4 N–H and O–H groups in total. The maximum atomic E-state index is 10.1. The highest BCUT2D eigenvalue weighted by Gasteiger charge is 2.17. The number of rotatable bonds is 11. The number of hydrazine groups is 1. The third kappa shape index (κ3) is 7.16. The fourth-order valence-electron chi connectivity index (χ4n) is 5.07. The molecule has 5 aromatic rings. The first-order valence-corrected chi connectivity index (χ1v) is 18.8. The van der Waals surface area contributed by atoms with E-state index in [1.165, 1.54) is 10.4 Å². The predicted octanol–water partition coefficient (Wildman–Crippen LogP) is 5.66. The molecule has 8 nitrogen and oxygen atoms in total. The van der Waals surface area contributed by atoms with Crippen molar-refractivity contribution in [2.45, 2.75) is 45.3 Å². The number of pyridine rings is 1. The highest BCUT2D eigenvalue weighted by Crippen LogP contribution is 2.31. The molecule has 0 unspecified atom stereocenters. The summed E-state index contributed by atoms with van der Waals surface area (Å²) in [5, 5.41) is 7.91. The van der Waals surface area contributed by atoms with Crippen LogP contribution in [0, 0.1) is 6.92 Å². The third-order valence-electron chi connectivity index (χ3n) is 7.28. The van der Waals surface area contributed by atoms with Crippen molar-refractivity contribution in [1.29, 1.82) is 0 Å². The predicted molar refractivity (Wildman–Crippen MR) is 180 cm³/mol. The smallest absolute Gasteiger partial charge is 0.228 e.